The topological polar surface area (TPSA) is 55.0 Å². The van der Waals surface area contributed by atoms with Crippen molar-refractivity contribution in [2.75, 3.05) is 0 Å². The van der Waals surface area contributed by atoms with Crippen molar-refractivity contribution in [3.63, 3.8) is 0 Å². The van der Waals surface area contributed by atoms with Gasteiger partial charge in [0.05, 0.1) is 5.69 Å². The van der Waals surface area contributed by atoms with Gasteiger partial charge in [0, 0.05) is 34.5 Å². The lowest BCUT2D eigenvalue weighted by Crippen LogP contribution is -2.03. The summed E-state index contributed by atoms with van der Waals surface area (Å²) >= 11 is 5.71. The second-order valence-electron chi connectivity index (χ2n) is 4.83. The molecule has 0 saturated carbocycles. The molecule has 0 spiro atoms. The van der Waals surface area contributed by atoms with E-state index < -0.39 is 5.82 Å². The summed E-state index contributed by atoms with van der Waals surface area (Å²) in [6.07, 6.45) is 1.55. The number of hydrogen-bond donors (Lipinski definition) is 1. The van der Waals surface area contributed by atoms with Crippen LogP contribution in [0.2, 0.25) is 5.02 Å². The fourth-order valence-corrected chi connectivity index (χ4v) is 2.21. The summed E-state index contributed by atoms with van der Waals surface area (Å²) in [7, 11) is 0. The molecule has 1 N–H and O–H groups in total. The monoisotopic (exact) mass is 330 g/mol. The first-order chi connectivity index (χ1) is 11.1. The van der Waals surface area contributed by atoms with Gasteiger partial charge in [0.2, 0.25) is 11.4 Å². The van der Waals surface area contributed by atoms with Gasteiger partial charge in [-0.25, -0.2) is 9.37 Å². The van der Waals surface area contributed by atoms with E-state index in [4.69, 9.17) is 16.3 Å². The van der Waals surface area contributed by atoms with Gasteiger partial charge in [-0.15, -0.1) is 0 Å². The molecule has 3 aromatic rings. The molecular formula is C17H12ClFN2O2. The number of aromatic amines is 1. The highest BCUT2D eigenvalue weighted by molar-refractivity contribution is 6.30. The first-order valence-electron chi connectivity index (χ1n) is 6.85. The molecular weight excluding hydrogens is 319 g/mol. The predicted molar refractivity (Wildman–Crippen MR) is 86.0 cm³/mol. The molecule has 0 amide bonds. The van der Waals surface area contributed by atoms with Gasteiger partial charge in [-0.3, -0.25) is 4.79 Å². The lowest BCUT2D eigenvalue weighted by Gasteiger charge is -2.08. The average Bonchev–Trinajstić information content (AvgIpc) is 2.54. The number of rotatable bonds is 4. The zero-order valence-electron chi connectivity index (χ0n) is 11.9. The van der Waals surface area contributed by atoms with Gasteiger partial charge in [-0.1, -0.05) is 23.7 Å². The molecule has 6 heteroatoms. The van der Waals surface area contributed by atoms with Crippen LogP contribution in [0.1, 0.15) is 5.56 Å². The van der Waals surface area contributed by atoms with Crippen LogP contribution in [0.4, 0.5) is 4.39 Å². The summed E-state index contributed by atoms with van der Waals surface area (Å²) in [5, 5.41) is 0.334. The van der Waals surface area contributed by atoms with Crippen LogP contribution < -0.4 is 10.3 Å². The summed E-state index contributed by atoms with van der Waals surface area (Å²) in [6.45, 7) is 0.0365. The number of H-pyrrole nitrogens is 1. The summed E-state index contributed by atoms with van der Waals surface area (Å²) in [5.41, 5.74) is 1.46. The second-order valence-corrected chi connectivity index (χ2v) is 5.26. The fraction of sp³-hybridized carbons (Fsp3) is 0.0588. The Bertz CT molecular complexity index is 896. The summed E-state index contributed by atoms with van der Waals surface area (Å²) in [5.74, 6) is -0.0830. The Balaban J connectivity index is 1.79. The molecule has 0 radical (unpaired) electrons. The van der Waals surface area contributed by atoms with Crippen molar-refractivity contribution in [1.82, 2.24) is 9.97 Å². The SMILES string of the molecule is O=c1cc(-c2cccc(OCc3ccc(Cl)cc3F)n2)cc[nH]1. The number of nitrogens with one attached hydrogen (secondary N) is 1. The van der Waals surface area contributed by atoms with Gasteiger partial charge in [0.15, 0.2) is 0 Å². The number of nitrogens with zero attached hydrogens (tertiary/aromatic N) is 1. The predicted octanol–water partition coefficient (Wildman–Crippen LogP) is 3.81. The van der Waals surface area contributed by atoms with Gasteiger partial charge in [0.1, 0.15) is 12.4 Å². The molecule has 2 heterocycles. The number of hydrogen-bond acceptors (Lipinski definition) is 3. The van der Waals surface area contributed by atoms with Crippen molar-refractivity contribution in [1.29, 1.82) is 0 Å². The molecule has 3 rings (SSSR count). The molecule has 0 aliphatic carbocycles. The Hall–Kier alpha value is -2.66. The lowest BCUT2D eigenvalue weighted by molar-refractivity contribution is 0.288. The first kappa shape index (κ1) is 15.2. The molecule has 0 bridgehead atoms. The van der Waals surface area contributed by atoms with Crippen LogP contribution in [0.5, 0.6) is 5.88 Å². The highest BCUT2D eigenvalue weighted by Gasteiger charge is 2.06. The molecule has 116 valence electrons. The van der Waals surface area contributed by atoms with E-state index in [0.717, 1.165) is 0 Å². The highest BCUT2D eigenvalue weighted by atomic mass is 35.5. The maximum absolute atomic E-state index is 13.7. The van der Waals surface area contributed by atoms with E-state index in [1.54, 1.807) is 42.6 Å². The van der Waals surface area contributed by atoms with Crippen LogP contribution in [-0.4, -0.2) is 9.97 Å². The number of pyridine rings is 2. The molecule has 0 saturated heterocycles. The van der Waals surface area contributed by atoms with Crippen molar-refractivity contribution in [3.05, 3.63) is 81.5 Å². The minimum atomic E-state index is -0.428. The van der Waals surface area contributed by atoms with E-state index in [2.05, 4.69) is 9.97 Å². The van der Waals surface area contributed by atoms with E-state index in [1.165, 1.54) is 12.1 Å². The zero-order valence-corrected chi connectivity index (χ0v) is 12.7. The Labute approximate surface area is 136 Å². The maximum atomic E-state index is 13.7. The van der Waals surface area contributed by atoms with E-state index in [1.807, 2.05) is 0 Å². The standard InChI is InChI=1S/C17H12ClFN2O2/c18-13-5-4-12(14(19)9-13)10-23-17-3-1-2-15(21-17)11-6-7-20-16(22)8-11/h1-9H,10H2,(H,20,22). The average molecular weight is 331 g/mol. The summed E-state index contributed by atoms with van der Waals surface area (Å²) in [4.78, 5) is 18.2. The van der Waals surface area contributed by atoms with Gasteiger partial charge < -0.3 is 9.72 Å². The molecule has 0 atom stereocenters. The molecule has 0 aliphatic rings. The van der Waals surface area contributed by atoms with Crippen molar-refractivity contribution < 1.29 is 9.13 Å². The normalized spacial score (nSPS) is 10.5. The Kier molecular flexibility index (Phi) is 4.39. The molecule has 4 nitrogen and oxygen atoms in total. The largest absolute Gasteiger partial charge is 0.473 e. The third-order valence-corrected chi connectivity index (χ3v) is 3.42. The van der Waals surface area contributed by atoms with Gasteiger partial charge in [0.25, 0.3) is 0 Å². The number of benzene rings is 1. The van der Waals surface area contributed by atoms with Crippen molar-refractivity contribution >= 4 is 11.6 Å². The van der Waals surface area contributed by atoms with E-state index >= 15 is 0 Å². The second kappa shape index (κ2) is 6.62. The molecule has 23 heavy (non-hydrogen) atoms. The summed E-state index contributed by atoms with van der Waals surface area (Å²) in [6, 6.07) is 12.8. The van der Waals surface area contributed by atoms with Crippen LogP contribution in [0, 0.1) is 5.82 Å². The van der Waals surface area contributed by atoms with Crippen LogP contribution in [-0.2, 0) is 6.61 Å². The van der Waals surface area contributed by atoms with Crippen LogP contribution >= 0.6 is 11.6 Å². The third-order valence-electron chi connectivity index (χ3n) is 3.19. The highest BCUT2D eigenvalue weighted by Crippen LogP contribution is 2.20. The van der Waals surface area contributed by atoms with Crippen molar-refractivity contribution in [2.24, 2.45) is 0 Å². The fourth-order valence-electron chi connectivity index (χ4n) is 2.05. The minimum absolute atomic E-state index is 0.0365. The zero-order chi connectivity index (χ0) is 16.2. The van der Waals surface area contributed by atoms with Crippen LogP contribution in [0.25, 0.3) is 11.3 Å². The third kappa shape index (κ3) is 3.76. The number of ether oxygens (including phenoxy) is 1. The Morgan fingerprint density at radius 1 is 1.17 bits per heavy atom. The van der Waals surface area contributed by atoms with E-state index in [0.29, 0.717) is 27.7 Å². The smallest absolute Gasteiger partial charge is 0.248 e. The van der Waals surface area contributed by atoms with Gasteiger partial charge in [-0.05, 0) is 24.3 Å². The Morgan fingerprint density at radius 2 is 2.04 bits per heavy atom. The molecule has 0 unspecified atom stereocenters. The van der Waals surface area contributed by atoms with Crippen LogP contribution in [0.3, 0.4) is 0 Å². The van der Waals surface area contributed by atoms with E-state index in [-0.39, 0.29) is 12.2 Å². The van der Waals surface area contributed by atoms with Crippen LogP contribution in [0.15, 0.2) is 59.5 Å². The molecule has 1 aromatic carbocycles. The number of aromatic nitrogens is 2. The first-order valence-corrected chi connectivity index (χ1v) is 7.22. The van der Waals surface area contributed by atoms with E-state index in [9.17, 15) is 9.18 Å². The van der Waals surface area contributed by atoms with Gasteiger partial charge >= 0.3 is 0 Å². The Morgan fingerprint density at radius 3 is 2.83 bits per heavy atom. The molecule has 0 fully saturated rings. The van der Waals surface area contributed by atoms with Crippen molar-refractivity contribution in [2.45, 2.75) is 6.61 Å². The quantitative estimate of drug-likeness (QED) is 0.791. The minimum Gasteiger partial charge on any atom is -0.473 e. The lowest BCUT2D eigenvalue weighted by atomic mass is 10.2. The number of halogens is 2. The molecule has 0 aliphatic heterocycles. The summed E-state index contributed by atoms with van der Waals surface area (Å²) < 4.78 is 19.2. The van der Waals surface area contributed by atoms with Gasteiger partial charge in [-0.2, -0.15) is 0 Å². The maximum Gasteiger partial charge on any atom is 0.248 e. The molecule has 2 aromatic heterocycles. The van der Waals surface area contributed by atoms with Crippen molar-refractivity contribution in [3.8, 4) is 17.1 Å².